The van der Waals surface area contributed by atoms with Crippen LogP contribution >= 0.6 is 7.82 Å². The molecule has 0 heterocycles. The smallest absolute Gasteiger partial charge is 0.462 e. The highest BCUT2D eigenvalue weighted by molar-refractivity contribution is 7.47. The molecule has 0 aromatic heterocycles. The summed E-state index contributed by atoms with van der Waals surface area (Å²) in [6, 6.07) is 0. The maximum atomic E-state index is 12.9. The average Bonchev–Trinajstić information content (AvgIpc) is 3.35. The number of carbonyl (C=O) groups excluding carboxylic acids is 2. The van der Waals surface area contributed by atoms with Gasteiger partial charge in [-0.15, -0.1) is 0 Å². The second kappa shape index (κ2) is 46.3. The van der Waals surface area contributed by atoms with E-state index in [-0.39, 0.29) is 12.8 Å². The lowest BCUT2D eigenvalue weighted by Gasteiger charge is -2.41. The van der Waals surface area contributed by atoms with Crippen molar-refractivity contribution in [3.63, 3.8) is 0 Å². The van der Waals surface area contributed by atoms with Crippen molar-refractivity contribution in [3.05, 3.63) is 48.6 Å². The van der Waals surface area contributed by atoms with E-state index in [4.69, 9.17) is 18.5 Å². The van der Waals surface area contributed by atoms with Gasteiger partial charge in [0.1, 0.15) is 43.2 Å². The maximum Gasteiger partial charge on any atom is 0.472 e. The van der Waals surface area contributed by atoms with Crippen LogP contribution in [0, 0.1) is 0 Å². The van der Waals surface area contributed by atoms with Crippen molar-refractivity contribution in [1.82, 2.24) is 0 Å². The zero-order chi connectivity index (χ0) is 52.1. The monoisotopic (exact) mass is 1030 g/mol. The molecule has 8 atom stereocenters. The lowest BCUT2D eigenvalue weighted by Crippen LogP contribution is -2.64. The van der Waals surface area contributed by atoms with Gasteiger partial charge >= 0.3 is 19.8 Å². The molecular weight excluding hydrogens is 924 g/mol. The van der Waals surface area contributed by atoms with Gasteiger partial charge in [0.05, 0.1) is 6.61 Å². The third-order valence-corrected chi connectivity index (χ3v) is 14.2. The number of phosphoric acid groups is 1. The summed E-state index contributed by atoms with van der Waals surface area (Å²) >= 11 is 0. The fourth-order valence-electron chi connectivity index (χ4n) is 8.63. The van der Waals surface area contributed by atoms with Crippen LogP contribution in [0.3, 0.4) is 0 Å². The Morgan fingerprint density at radius 1 is 0.437 bits per heavy atom. The van der Waals surface area contributed by atoms with Gasteiger partial charge in [-0.3, -0.25) is 18.6 Å². The summed E-state index contributed by atoms with van der Waals surface area (Å²) in [6.45, 7) is 3.29. The molecule has 1 rings (SSSR count). The third-order valence-electron chi connectivity index (χ3n) is 13.2. The molecule has 0 radical (unpaired) electrons. The van der Waals surface area contributed by atoms with E-state index in [0.717, 1.165) is 70.6 Å². The van der Waals surface area contributed by atoms with Crippen LogP contribution in [0.2, 0.25) is 0 Å². The molecule has 0 aromatic rings. The molecule has 13 nitrogen and oxygen atoms in total. The van der Waals surface area contributed by atoms with Gasteiger partial charge < -0.3 is 39.9 Å². The van der Waals surface area contributed by atoms with Crippen LogP contribution in [-0.2, 0) is 32.7 Å². The Labute approximate surface area is 431 Å². The van der Waals surface area contributed by atoms with Gasteiger partial charge in [0, 0.05) is 12.8 Å². The number of rotatable bonds is 48. The highest BCUT2D eigenvalue weighted by Crippen LogP contribution is 2.47. The number of aliphatic hydroxyl groups is 5. The van der Waals surface area contributed by atoms with Crippen LogP contribution in [0.15, 0.2) is 48.6 Å². The molecule has 1 aliphatic rings. The highest BCUT2D eigenvalue weighted by Gasteiger charge is 2.51. The molecule has 71 heavy (non-hydrogen) atoms. The Hall–Kier alpha value is -2.19. The average molecular weight is 1030 g/mol. The van der Waals surface area contributed by atoms with Crippen molar-refractivity contribution in [3.8, 4) is 0 Å². The minimum atomic E-state index is -5.13. The van der Waals surface area contributed by atoms with Gasteiger partial charge in [0.25, 0.3) is 0 Å². The van der Waals surface area contributed by atoms with E-state index in [1.165, 1.54) is 135 Å². The minimum Gasteiger partial charge on any atom is -0.462 e. The summed E-state index contributed by atoms with van der Waals surface area (Å²) in [6.07, 6.45) is 44.4. The highest BCUT2D eigenvalue weighted by atomic mass is 31.2. The van der Waals surface area contributed by atoms with Crippen molar-refractivity contribution in [2.45, 2.75) is 288 Å². The Balaban J connectivity index is 2.36. The number of esters is 2. The quantitative estimate of drug-likeness (QED) is 0.0145. The molecular formula is C57H103O13P. The zero-order valence-electron chi connectivity index (χ0n) is 44.5. The lowest BCUT2D eigenvalue weighted by atomic mass is 9.85. The Morgan fingerprint density at radius 2 is 0.761 bits per heavy atom. The molecule has 0 bridgehead atoms. The summed E-state index contributed by atoms with van der Waals surface area (Å²) in [5.41, 5.74) is 0. The minimum absolute atomic E-state index is 0.0922. The molecule has 6 N–H and O–H groups in total. The van der Waals surface area contributed by atoms with Gasteiger partial charge in [0.15, 0.2) is 6.10 Å². The Morgan fingerprint density at radius 3 is 1.18 bits per heavy atom. The van der Waals surface area contributed by atoms with Gasteiger partial charge in [-0.05, 0) is 57.8 Å². The number of unbranched alkanes of at least 4 members (excludes halogenated alkanes) is 28. The molecule has 414 valence electrons. The molecule has 0 spiro atoms. The van der Waals surface area contributed by atoms with Crippen LogP contribution in [0.25, 0.3) is 0 Å². The molecule has 6 unspecified atom stereocenters. The van der Waals surface area contributed by atoms with E-state index >= 15 is 0 Å². The summed E-state index contributed by atoms with van der Waals surface area (Å²) in [5.74, 6) is -1.13. The van der Waals surface area contributed by atoms with Gasteiger partial charge in [-0.1, -0.05) is 223 Å². The van der Waals surface area contributed by atoms with Crippen LogP contribution in [0.5, 0.6) is 0 Å². The SMILES string of the molecule is CCCCC/C=C/C/C=C/C/C=C/C/C=C/CCCCCC(=O)OC[C@H](COP(=O)(O)OC1C(O)C(O)C(O)[C@@H](O)C1O)OC(=O)CCCCCCCCCCCCCCCCCCCCCCCCC. The lowest BCUT2D eigenvalue weighted by molar-refractivity contribution is -0.220. The van der Waals surface area contributed by atoms with Crippen molar-refractivity contribution in [2.75, 3.05) is 13.2 Å². The molecule has 0 amide bonds. The largest absolute Gasteiger partial charge is 0.472 e. The Bertz CT molecular complexity index is 1420. The van der Waals surface area contributed by atoms with Crippen LogP contribution in [0.4, 0.5) is 0 Å². The van der Waals surface area contributed by atoms with E-state index in [0.29, 0.717) is 12.8 Å². The van der Waals surface area contributed by atoms with Crippen LogP contribution in [-0.4, -0.2) is 98.3 Å². The number of carbonyl (C=O) groups is 2. The predicted octanol–water partition coefficient (Wildman–Crippen LogP) is 13.1. The first kappa shape index (κ1) is 66.8. The summed E-state index contributed by atoms with van der Waals surface area (Å²) in [7, 11) is -5.13. The fraction of sp³-hybridized carbons (Fsp3) is 0.825. The molecule has 0 aliphatic heterocycles. The fourth-order valence-corrected chi connectivity index (χ4v) is 9.60. The number of hydrogen-bond donors (Lipinski definition) is 6. The van der Waals surface area contributed by atoms with Crippen molar-refractivity contribution < 1.29 is 63.1 Å². The van der Waals surface area contributed by atoms with E-state index in [9.17, 15) is 44.6 Å². The molecule has 0 saturated heterocycles. The topological polar surface area (TPSA) is 210 Å². The van der Waals surface area contributed by atoms with Crippen molar-refractivity contribution in [2.24, 2.45) is 0 Å². The van der Waals surface area contributed by atoms with Gasteiger partial charge in [0.2, 0.25) is 0 Å². The van der Waals surface area contributed by atoms with Crippen molar-refractivity contribution in [1.29, 1.82) is 0 Å². The van der Waals surface area contributed by atoms with E-state index in [1.54, 1.807) is 0 Å². The second-order valence-corrected chi connectivity index (χ2v) is 21.2. The number of ether oxygens (including phenoxy) is 2. The molecule has 1 aliphatic carbocycles. The summed E-state index contributed by atoms with van der Waals surface area (Å²) in [5, 5.41) is 50.4. The standard InChI is InChI=1S/C57H103O13P/c1-3-5-7-9-11-13-15-17-19-21-23-24-25-26-28-30-32-34-36-38-40-42-44-46-51(59)69-49(48-68-71(65,66)70-57-55(63)53(61)52(60)54(62)56(57)64)47-67-50(58)45-43-41-39-37-35-33-31-29-27-22-20-18-16-14-12-10-8-6-4-2/h12,14,18,20,27,29,33,35,49,52-57,60-64H,3-11,13,15-17,19,21-26,28,30-32,34,36-48H2,1-2H3,(H,65,66)/b14-12+,20-18+,29-27+,35-33+/t49-,52?,53-,54?,55?,56?,57?/m1/s1. The van der Waals surface area contributed by atoms with E-state index < -0.39 is 75.7 Å². The maximum absolute atomic E-state index is 12.9. The summed E-state index contributed by atoms with van der Waals surface area (Å²) in [4.78, 5) is 35.9. The molecule has 1 fully saturated rings. The molecule has 0 aromatic carbocycles. The number of hydrogen-bond acceptors (Lipinski definition) is 12. The molecule has 14 heteroatoms. The van der Waals surface area contributed by atoms with Gasteiger partial charge in [-0.2, -0.15) is 0 Å². The van der Waals surface area contributed by atoms with E-state index in [1.807, 2.05) is 0 Å². The first-order valence-electron chi connectivity index (χ1n) is 28.4. The second-order valence-electron chi connectivity index (χ2n) is 19.8. The third kappa shape index (κ3) is 38.1. The van der Waals surface area contributed by atoms with Crippen LogP contribution < -0.4 is 0 Å². The van der Waals surface area contributed by atoms with Crippen LogP contribution in [0.1, 0.15) is 245 Å². The number of aliphatic hydroxyl groups excluding tert-OH is 5. The first-order valence-corrected chi connectivity index (χ1v) is 29.9. The summed E-state index contributed by atoms with van der Waals surface area (Å²) < 4.78 is 33.7. The number of phosphoric ester groups is 1. The molecule has 1 saturated carbocycles. The number of allylic oxidation sites excluding steroid dienone is 8. The zero-order valence-corrected chi connectivity index (χ0v) is 45.4. The first-order chi connectivity index (χ1) is 34.4. The Kier molecular flexibility index (Phi) is 43.6. The predicted molar refractivity (Wildman–Crippen MR) is 286 cm³/mol. The van der Waals surface area contributed by atoms with Crippen molar-refractivity contribution >= 4 is 19.8 Å². The van der Waals surface area contributed by atoms with Gasteiger partial charge in [-0.25, -0.2) is 4.57 Å². The normalized spacial score (nSPS) is 21.0. The van der Waals surface area contributed by atoms with E-state index in [2.05, 4.69) is 62.5 Å².